The van der Waals surface area contributed by atoms with Crippen LogP contribution >= 0.6 is 0 Å². The zero-order valence-corrected chi connectivity index (χ0v) is 17.1. The molecule has 8 heteroatoms. The van der Waals surface area contributed by atoms with E-state index in [-0.39, 0.29) is 30.0 Å². The molecule has 31 heavy (non-hydrogen) atoms. The Morgan fingerprint density at radius 3 is 2.74 bits per heavy atom. The first-order valence-electron chi connectivity index (χ1n) is 10.3. The minimum absolute atomic E-state index is 0.0397. The molecule has 4 rings (SSSR count). The molecule has 2 amide bonds. The van der Waals surface area contributed by atoms with Gasteiger partial charge in [-0.2, -0.15) is 5.10 Å². The minimum atomic E-state index is -0.322. The molecule has 0 bridgehead atoms. The second-order valence-corrected chi connectivity index (χ2v) is 7.67. The normalized spacial score (nSPS) is 16.2. The number of nitrogens with zero attached hydrogens (tertiary/aromatic N) is 4. The van der Waals surface area contributed by atoms with Gasteiger partial charge in [0.25, 0.3) is 0 Å². The summed E-state index contributed by atoms with van der Waals surface area (Å²) in [7, 11) is 0. The first kappa shape index (κ1) is 20.7. The Bertz CT molecular complexity index is 1040. The number of likely N-dealkylation sites (tertiary alicyclic amines) is 1. The molecule has 1 aliphatic rings. The van der Waals surface area contributed by atoms with E-state index in [4.69, 9.17) is 0 Å². The summed E-state index contributed by atoms with van der Waals surface area (Å²) in [5.74, 6) is 0.0287. The largest absolute Gasteiger partial charge is 0.352 e. The van der Waals surface area contributed by atoms with Crippen LogP contribution in [0.1, 0.15) is 24.0 Å². The van der Waals surface area contributed by atoms with Gasteiger partial charge in [-0.3, -0.25) is 9.59 Å². The number of benzene rings is 1. The predicted octanol–water partition coefficient (Wildman–Crippen LogP) is 2.50. The highest BCUT2D eigenvalue weighted by atomic mass is 19.1. The van der Waals surface area contributed by atoms with Crippen LogP contribution < -0.4 is 5.32 Å². The number of halogens is 1. The summed E-state index contributed by atoms with van der Waals surface area (Å²) in [6.45, 7) is 1.43. The first-order chi connectivity index (χ1) is 15.1. The van der Waals surface area contributed by atoms with Crippen molar-refractivity contribution >= 4 is 11.8 Å². The minimum Gasteiger partial charge on any atom is -0.352 e. The molecule has 7 nitrogen and oxygen atoms in total. The highest BCUT2D eigenvalue weighted by Crippen LogP contribution is 2.18. The fraction of sp³-hybridized carbons (Fsp3) is 0.304. The fourth-order valence-corrected chi connectivity index (χ4v) is 3.74. The third-order valence-electron chi connectivity index (χ3n) is 5.43. The van der Waals surface area contributed by atoms with Crippen LogP contribution in [-0.4, -0.2) is 44.6 Å². The lowest BCUT2D eigenvalue weighted by molar-refractivity contribution is -0.135. The Morgan fingerprint density at radius 1 is 1.13 bits per heavy atom. The van der Waals surface area contributed by atoms with Crippen LogP contribution in [0.5, 0.6) is 0 Å². The second kappa shape index (κ2) is 9.51. The number of rotatable bonds is 6. The molecule has 1 atom stereocenters. The van der Waals surface area contributed by atoms with Crippen molar-refractivity contribution in [3.05, 3.63) is 78.0 Å². The maximum atomic E-state index is 13.1. The third kappa shape index (κ3) is 5.33. The van der Waals surface area contributed by atoms with Gasteiger partial charge in [-0.1, -0.05) is 12.1 Å². The lowest BCUT2D eigenvalue weighted by Crippen LogP contribution is -2.45. The van der Waals surface area contributed by atoms with Gasteiger partial charge in [-0.25, -0.2) is 14.1 Å². The van der Waals surface area contributed by atoms with E-state index in [1.165, 1.54) is 12.1 Å². The highest BCUT2D eigenvalue weighted by Gasteiger charge is 2.28. The Labute approximate surface area is 179 Å². The molecule has 3 heterocycles. The molecule has 0 saturated carbocycles. The topological polar surface area (TPSA) is 80.1 Å². The van der Waals surface area contributed by atoms with Crippen LogP contribution in [0.15, 0.2) is 61.1 Å². The number of piperidine rings is 1. The average Bonchev–Trinajstić information content (AvgIpc) is 3.34. The van der Waals surface area contributed by atoms with E-state index < -0.39 is 0 Å². The number of amides is 2. The van der Waals surface area contributed by atoms with Crippen LogP contribution in [0.2, 0.25) is 0 Å². The van der Waals surface area contributed by atoms with Crippen molar-refractivity contribution in [1.29, 1.82) is 0 Å². The summed E-state index contributed by atoms with van der Waals surface area (Å²) >= 11 is 0. The maximum absolute atomic E-state index is 13.1. The van der Waals surface area contributed by atoms with Crippen molar-refractivity contribution in [2.24, 2.45) is 5.92 Å². The van der Waals surface area contributed by atoms with Crippen molar-refractivity contribution in [2.75, 3.05) is 13.1 Å². The number of nitrogens with one attached hydrogen (secondary N) is 1. The van der Waals surface area contributed by atoms with Gasteiger partial charge in [0.1, 0.15) is 5.82 Å². The zero-order chi connectivity index (χ0) is 21.6. The molecule has 2 aromatic heterocycles. The number of carbonyl (C=O) groups excluding carboxylic acids is 2. The van der Waals surface area contributed by atoms with Crippen molar-refractivity contribution in [2.45, 2.75) is 25.8 Å². The van der Waals surface area contributed by atoms with Gasteiger partial charge in [-0.05, 0) is 54.3 Å². The summed E-state index contributed by atoms with van der Waals surface area (Å²) in [5.41, 5.74) is 1.69. The van der Waals surface area contributed by atoms with Gasteiger partial charge in [0.05, 0.1) is 12.3 Å². The fourth-order valence-electron chi connectivity index (χ4n) is 3.74. The molecule has 0 radical (unpaired) electrons. The van der Waals surface area contributed by atoms with Crippen LogP contribution in [0.25, 0.3) is 5.82 Å². The summed E-state index contributed by atoms with van der Waals surface area (Å²) < 4.78 is 14.7. The Kier molecular flexibility index (Phi) is 6.35. The van der Waals surface area contributed by atoms with E-state index in [1.54, 1.807) is 34.1 Å². The molecule has 1 aliphatic heterocycles. The first-order valence-corrected chi connectivity index (χ1v) is 10.3. The highest BCUT2D eigenvalue weighted by molar-refractivity contribution is 5.82. The Balaban J connectivity index is 1.31. The SMILES string of the molecule is O=C(NCc1ccnc(-n2cccn2)c1)[C@@H]1CCCN(C(=O)Cc2ccc(F)cc2)C1. The van der Waals surface area contributed by atoms with E-state index >= 15 is 0 Å². The lowest BCUT2D eigenvalue weighted by atomic mass is 9.96. The van der Waals surface area contributed by atoms with Gasteiger partial charge < -0.3 is 10.2 Å². The Morgan fingerprint density at radius 2 is 1.97 bits per heavy atom. The molecule has 1 aromatic carbocycles. The van der Waals surface area contributed by atoms with Gasteiger partial charge in [0.15, 0.2) is 5.82 Å². The standard InChI is InChI=1S/C23H24FN5O2/c24-20-6-4-17(5-7-20)14-22(30)28-11-1-3-19(16-28)23(31)26-15-18-8-10-25-21(13-18)29-12-2-9-27-29/h2,4-10,12-13,19H,1,3,11,14-16H2,(H,26,31)/t19-/m1/s1. The lowest BCUT2D eigenvalue weighted by Gasteiger charge is -2.32. The molecule has 1 saturated heterocycles. The smallest absolute Gasteiger partial charge is 0.227 e. The van der Waals surface area contributed by atoms with Crippen LogP contribution in [0.4, 0.5) is 4.39 Å². The van der Waals surface area contributed by atoms with Gasteiger partial charge in [0.2, 0.25) is 11.8 Å². The molecular weight excluding hydrogens is 397 g/mol. The van der Waals surface area contributed by atoms with Crippen molar-refractivity contribution in [1.82, 2.24) is 25.0 Å². The van der Waals surface area contributed by atoms with Crippen molar-refractivity contribution in [3.8, 4) is 5.82 Å². The molecular formula is C23H24FN5O2. The van der Waals surface area contributed by atoms with Gasteiger partial charge >= 0.3 is 0 Å². The van der Waals surface area contributed by atoms with Crippen molar-refractivity contribution in [3.63, 3.8) is 0 Å². The quantitative estimate of drug-likeness (QED) is 0.663. The van der Waals surface area contributed by atoms with E-state index in [2.05, 4.69) is 15.4 Å². The number of carbonyl (C=O) groups is 2. The van der Waals surface area contributed by atoms with Crippen molar-refractivity contribution < 1.29 is 14.0 Å². The van der Waals surface area contributed by atoms with Gasteiger partial charge in [-0.15, -0.1) is 0 Å². The summed E-state index contributed by atoms with van der Waals surface area (Å²) in [6, 6.07) is 11.5. The van der Waals surface area contributed by atoms with Gasteiger partial charge in [0, 0.05) is 38.2 Å². The monoisotopic (exact) mass is 421 g/mol. The van der Waals surface area contributed by atoms with E-state index in [0.29, 0.717) is 25.5 Å². The zero-order valence-electron chi connectivity index (χ0n) is 17.1. The van der Waals surface area contributed by atoms with E-state index in [0.717, 1.165) is 24.0 Å². The number of aromatic nitrogens is 3. The Hall–Kier alpha value is -3.55. The number of hydrogen-bond donors (Lipinski definition) is 1. The number of pyridine rings is 1. The predicted molar refractivity (Wildman–Crippen MR) is 113 cm³/mol. The second-order valence-electron chi connectivity index (χ2n) is 7.67. The summed E-state index contributed by atoms with van der Waals surface area (Å²) in [5, 5.41) is 7.15. The molecule has 1 fully saturated rings. The van der Waals surface area contributed by atoms with E-state index in [1.807, 2.05) is 24.4 Å². The molecule has 0 unspecified atom stereocenters. The third-order valence-corrected chi connectivity index (χ3v) is 5.43. The molecule has 0 aliphatic carbocycles. The van der Waals surface area contributed by atoms with E-state index in [9.17, 15) is 14.0 Å². The summed E-state index contributed by atoms with van der Waals surface area (Å²) in [6.07, 6.45) is 6.93. The summed E-state index contributed by atoms with van der Waals surface area (Å²) in [4.78, 5) is 31.4. The molecule has 0 spiro atoms. The maximum Gasteiger partial charge on any atom is 0.227 e. The molecule has 3 aromatic rings. The van der Waals surface area contributed by atoms with Crippen LogP contribution in [0, 0.1) is 11.7 Å². The number of hydrogen-bond acceptors (Lipinski definition) is 4. The molecule has 1 N–H and O–H groups in total. The van der Waals surface area contributed by atoms with Crippen LogP contribution in [0.3, 0.4) is 0 Å². The van der Waals surface area contributed by atoms with Crippen LogP contribution in [-0.2, 0) is 22.6 Å². The average molecular weight is 421 g/mol. The molecule has 160 valence electrons.